The van der Waals surface area contributed by atoms with E-state index in [1.165, 1.54) is 11.3 Å². The summed E-state index contributed by atoms with van der Waals surface area (Å²) in [5.41, 5.74) is 2.54. The van der Waals surface area contributed by atoms with Crippen molar-refractivity contribution in [2.24, 2.45) is 4.99 Å². The number of rotatable bonds is 2. The molecule has 1 rings (SSSR count). The molecule has 0 saturated heterocycles. The highest BCUT2D eigenvalue weighted by atomic mass is 14.9. The second-order valence-corrected chi connectivity index (χ2v) is 2.63. The molecule has 0 radical (unpaired) electrons. The fourth-order valence-corrected chi connectivity index (χ4v) is 0.996. The number of hydrogen-bond donors (Lipinski definition) is 1. The first-order chi connectivity index (χ1) is 5.34. The molecule has 2 nitrogen and oxygen atoms in total. The highest BCUT2D eigenvalue weighted by molar-refractivity contribution is 5.72. The predicted octanol–water partition coefficient (Wildman–Crippen LogP) is 1.51. The van der Waals surface area contributed by atoms with Gasteiger partial charge >= 0.3 is 0 Å². The summed E-state index contributed by atoms with van der Waals surface area (Å²) >= 11 is 0. The molecule has 1 aliphatic rings. The number of aliphatic imine (C=N–C) groups is 1. The van der Waals surface area contributed by atoms with Crippen molar-refractivity contribution in [3.8, 4) is 0 Å². The number of nitrogens with zero attached hydrogens (tertiary/aromatic N) is 1. The van der Waals surface area contributed by atoms with Crippen LogP contribution in [0.4, 0.5) is 0 Å². The topological polar surface area (TPSA) is 24.4 Å². The minimum atomic E-state index is 0.917. The van der Waals surface area contributed by atoms with Gasteiger partial charge in [-0.15, -0.1) is 0 Å². The molecule has 0 amide bonds. The van der Waals surface area contributed by atoms with E-state index in [1.54, 1.807) is 0 Å². The van der Waals surface area contributed by atoms with Crippen LogP contribution < -0.4 is 5.32 Å². The molecule has 0 aromatic heterocycles. The van der Waals surface area contributed by atoms with Gasteiger partial charge in [0, 0.05) is 19.3 Å². The van der Waals surface area contributed by atoms with Crippen molar-refractivity contribution in [1.82, 2.24) is 5.32 Å². The Balaban J connectivity index is 2.54. The highest BCUT2D eigenvalue weighted by Crippen LogP contribution is 2.08. The van der Waals surface area contributed by atoms with Crippen LogP contribution in [-0.2, 0) is 0 Å². The maximum absolute atomic E-state index is 4.30. The zero-order valence-corrected chi connectivity index (χ0v) is 7.09. The minimum absolute atomic E-state index is 0.917. The van der Waals surface area contributed by atoms with E-state index in [2.05, 4.69) is 17.2 Å². The zero-order chi connectivity index (χ0) is 8.10. The molecule has 0 atom stereocenters. The summed E-state index contributed by atoms with van der Waals surface area (Å²) in [5.74, 6) is 0. The average molecular weight is 150 g/mol. The second kappa shape index (κ2) is 4.09. The molecule has 1 N–H and O–H groups in total. The molecule has 0 unspecified atom stereocenters. The number of allylic oxidation sites excluding steroid dienone is 2. The first-order valence-electron chi connectivity index (χ1n) is 3.89. The van der Waals surface area contributed by atoms with E-state index in [-0.39, 0.29) is 0 Å². The van der Waals surface area contributed by atoms with Crippen molar-refractivity contribution in [3.05, 3.63) is 23.4 Å². The maximum atomic E-state index is 4.30. The van der Waals surface area contributed by atoms with Crippen LogP contribution in [0, 0.1) is 0 Å². The Bertz CT molecular complexity index is 212. The summed E-state index contributed by atoms with van der Waals surface area (Å²) < 4.78 is 0. The summed E-state index contributed by atoms with van der Waals surface area (Å²) in [6.45, 7) is 6.00. The molecular weight excluding hydrogens is 136 g/mol. The quantitative estimate of drug-likeness (QED) is 0.593. The van der Waals surface area contributed by atoms with Gasteiger partial charge in [0.1, 0.15) is 0 Å². The summed E-state index contributed by atoms with van der Waals surface area (Å²) in [5, 5.41) is 3.24. The molecule has 0 saturated carbocycles. The average Bonchev–Trinajstić information content (AvgIpc) is 2.37. The molecule has 0 fully saturated rings. The molecule has 1 heterocycles. The largest absolute Gasteiger partial charge is 0.307 e. The van der Waals surface area contributed by atoms with Crippen molar-refractivity contribution >= 4 is 6.21 Å². The second-order valence-electron chi connectivity index (χ2n) is 2.63. The Morgan fingerprint density at radius 2 is 2.27 bits per heavy atom. The SMILES string of the molecule is CC=C/C=N\C1=C(C)CNC1. The van der Waals surface area contributed by atoms with E-state index in [0.717, 1.165) is 13.1 Å². The third kappa shape index (κ3) is 2.31. The summed E-state index contributed by atoms with van der Waals surface area (Å²) in [6.07, 6.45) is 5.76. The van der Waals surface area contributed by atoms with Gasteiger partial charge in [-0.05, 0) is 25.5 Å². The smallest absolute Gasteiger partial charge is 0.0543 e. The first-order valence-corrected chi connectivity index (χ1v) is 3.89. The van der Waals surface area contributed by atoms with Crippen molar-refractivity contribution in [3.63, 3.8) is 0 Å². The van der Waals surface area contributed by atoms with E-state index in [1.807, 2.05) is 25.3 Å². The van der Waals surface area contributed by atoms with Gasteiger partial charge in [-0.25, -0.2) is 0 Å². The van der Waals surface area contributed by atoms with Gasteiger partial charge in [-0.1, -0.05) is 6.08 Å². The van der Waals surface area contributed by atoms with Gasteiger partial charge in [0.05, 0.1) is 5.70 Å². The lowest BCUT2D eigenvalue weighted by Gasteiger charge is -1.90. The molecule has 0 aromatic rings. The molecule has 2 heteroatoms. The Kier molecular flexibility index (Phi) is 3.05. The molecule has 60 valence electrons. The van der Waals surface area contributed by atoms with Gasteiger partial charge in [-0.2, -0.15) is 0 Å². The van der Waals surface area contributed by atoms with Gasteiger partial charge in [0.2, 0.25) is 0 Å². The van der Waals surface area contributed by atoms with Crippen LogP contribution >= 0.6 is 0 Å². The molecule has 0 aliphatic carbocycles. The van der Waals surface area contributed by atoms with Crippen LogP contribution in [0.5, 0.6) is 0 Å². The van der Waals surface area contributed by atoms with Crippen LogP contribution in [0.3, 0.4) is 0 Å². The molecule has 0 spiro atoms. The van der Waals surface area contributed by atoms with Gasteiger partial charge in [0.15, 0.2) is 0 Å². The van der Waals surface area contributed by atoms with Crippen LogP contribution in [0.1, 0.15) is 13.8 Å². The maximum Gasteiger partial charge on any atom is 0.0543 e. The lowest BCUT2D eigenvalue weighted by atomic mass is 10.3. The molecule has 1 aliphatic heterocycles. The summed E-state index contributed by atoms with van der Waals surface area (Å²) in [7, 11) is 0. The number of hydrogen-bond acceptors (Lipinski definition) is 2. The summed E-state index contributed by atoms with van der Waals surface area (Å²) in [4.78, 5) is 4.30. The highest BCUT2D eigenvalue weighted by Gasteiger charge is 2.06. The molecule has 0 bridgehead atoms. The van der Waals surface area contributed by atoms with E-state index in [0.29, 0.717) is 0 Å². The monoisotopic (exact) mass is 150 g/mol. The Labute approximate surface area is 67.7 Å². The zero-order valence-electron chi connectivity index (χ0n) is 7.09. The van der Waals surface area contributed by atoms with Crippen molar-refractivity contribution in [2.75, 3.05) is 13.1 Å². The van der Waals surface area contributed by atoms with Gasteiger partial charge < -0.3 is 5.32 Å². The van der Waals surface area contributed by atoms with Crippen LogP contribution in [-0.4, -0.2) is 19.3 Å². The standard InChI is InChI=1S/C9H14N2/c1-3-4-5-11-9-7-10-6-8(9)2/h3-5,10H,6-7H2,1-2H3/b4-3?,11-5-. The van der Waals surface area contributed by atoms with Crippen LogP contribution in [0.15, 0.2) is 28.4 Å². The fraction of sp³-hybridized carbons (Fsp3) is 0.444. The normalized spacial score (nSPS) is 19.5. The minimum Gasteiger partial charge on any atom is -0.307 e. The van der Waals surface area contributed by atoms with Gasteiger partial charge in [0.25, 0.3) is 0 Å². The Morgan fingerprint density at radius 3 is 2.82 bits per heavy atom. The third-order valence-corrected chi connectivity index (χ3v) is 1.68. The Hall–Kier alpha value is -0.890. The van der Waals surface area contributed by atoms with E-state index in [4.69, 9.17) is 0 Å². The van der Waals surface area contributed by atoms with Crippen LogP contribution in [0.2, 0.25) is 0 Å². The lowest BCUT2D eigenvalue weighted by Crippen LogP contribution is -2.08. The summed E-state index contributed by atoms with van der Waals surface area (Å²) in [6, 6.07) is 0. The predicted molar refractivity (Wildman–Crippen MR) is 48.9 cm³/mol. The van der Waals surface area contributed by atoms with Gasteiger partial charge in [-0.3, -0.25) is 4.99 Å². The van der Waals surface area contributed by atoms with E-state index >= 15 is 0 Å². The van der Waals surface area contributed by atoms with E-state index < -0.39 is 0 Å². The fourth-order valence-electron chi connectivity index (χ4n) is 0.996. The van der Waals surface area contributed by atoms with Crippen molar-refractivity contribution in [1.29, 1.82) is 0 Å². The molecule has 0 aromatic carbocycles. The molecule has 11 heavy (non-hydrogen) atoms. The Morgan fingerprint density at radius 1 is 1.45 bits per heavy atom. The number of nitrogens with one attached hydrogen (secondary N) is 1. The van der Waals surface area contributed by atoms with E-state index in [9.17, 15) is 0 Å². The first kappa shape index (κ1) is 8.21. The third-order valence-electron chi connectivity index (χ3n) is 1.68. The molecular formula is C9H14N2. The van der Waals surface area contributed by atoms with Crippen LogP contribution in [0.25, 0.3) is 0 Å². The van der Waals surface area contributed by atoms with Crippen molar-refractivity contribution in [2.45, 2.75) is 13.8 Å². The lowest BCUT2D eigenvalue weighted by molar-refractivity contribution is 0.861. The van der Waals surface area contributed by atoms with Crippen molar-refractivity contribution < 1.29 is 0 Å².